The Morgan fingerprint density at radius 3 is 2.61 bits per heavy atom. The third-order valence-corrected chi connectivity index (χ3v) is 3.38. The van der Waals surface area contributed by atoms with Crippen LogP contribution in [0.25, 0.3) is 0 Å². The van der Waals surface area contributed by atoms with E-state index in [1.165, 1.54) is 26.3 Å². The fourth-order valence-corrected chi connectivity index (χ4v) is 2.01. The number of nitrogens with one attached hydrogen (secondary N) is 1. The topological polar surface area (TPSA) is 69.0 Å². The largest absolute Gasteiger partial charge is 0.481 e. The summed E-state index contributed by atoms with van der Waals surface area (Å²) in [6, 6.07) is 3.08. The number of amides is 1. The van der Waals surface area contributed by atoms with E-state index in [4.69, 9.17) is 16.3 Å². The Balaban J connectivity index is 2.11. The van der Waals surface area contributed by atoms with Gasteiger partial charge in [-0.3, -0.25) is 9.48 Å². The van der Waals surface area contributed by atoms with Gasteiger partial charge in [0.05, 0.1) is 29.7 Å². The van der Waals surface area contributed by atoms with E-state index in [9.17, 15) is 18.0 Å². The van der Waals surface area contributed by atoms with Crippen LogP contribution in [0.15, 0.2) is 18.3 Å². The van der Waals surface area contributed by atoms with Gasteiger partial charge in [-0.05, 0) is 13.0 Å². The van der Waals surface area contributed by atoms with Gasteiger partial charge >= 0.3 is 6.18 Å². The van der Waals surface area contributed by atoms with E-state index in [-0.39, 0.29) is 5.69 Å². The fraction of sp³-hybridized carbons (Fsp3) is 0.308. The number of methoxy groups -OCH3 is 1. The molecule has 0 aromatic carbocycles. The van der Waals surface area contributed by atoms with Crippen molar-refractivity contribution in [2.75, 3.05) is 12.4 Å². The van der Waals surface area contributed by atoms with Gasteiger partial charge in [0.1, 0.15) is 6.54 Å². The molecule has 2 aromatic heterocycles. The van der Waals surface area contributed by atoms with Crippen molar-refractivity contribution < 1.29 is 22.7 Å². The van der Waals surface area contributed by atoms with E-state index in [1.54, 1.807) is 6.07 Å². The second-order valence-corrected chi connectivity index (χ2v) is 4.92. The average Bonchev–Trinajstić information content (AvgIpc) is 2.76. The van der Waals surface area contributed by atoms with Gasteiger partial charge in [-0.25, -0.2) is 4.98 Å². The Labute approximate surface area is 134 Å². The van der Waals surface area contributed by atoms with Crippen LogP contribution in [0.3, 0.4) is 0 Å². The van der Waals surface area contributed by atoms with Crippen molar-refractivity contribution in [3.05, 3.63) is 34.7 Å². The van der Waals surface area contributed by atoms with Crippen LogP contribution in [-0.4, -0.2) is 27.8 Å². The summed E-state index contributed by atoms with van der Waals surface area (Å²) >= 11 is 5.62. The Kier molecular flexibility index (Phi) is 4.79. The summed E-state index contributed by atoms with van der Waals surface area (Å²) in [5.41, 5.74) is -0.777. The van der Waals surface area contributed by atoms with Crippen LogP contribution in [-0.2, 0) is 17.5 Å². The van der Waals surface area contributed by atoms with E-state index >= 15 is 0 Å². The summed E-state index contributed by atoms with van der Waals surface area (Å²) in [6.45, 7) is 0.945. The van der Waals surface area contributed by atoms with Gasteiger partial charge in [0.2, 0.25) is 11.8 Å². The van der Waals surface area contributed by atoms with Crippen LogP contribution in [0.1, 0.15) is 11.4 Å². The Bertz CT molecular complexity index is 713. The lowest BCUT2D eigenvalue weighted by Gasteiger charge is -2.07. The van der Waals surface area contributed by atoms with Gasteiger partial charge in [-0.15, -0.1) is 0 Å². The number of carbonyl (C=O) groups excluding carboxylic acids is 1. The van der Waals surface area contributed by atoms with Crippen molar-refractivity contribution in [2.45, 2.75) is 19.6 Å². The van der Waals surface area contributed by atoms with E-state index in [0.717, 1.165) is 4.68 Å². The molecule has 0 saturated carbocycles. The molecule has 23 heavy (non-hydrogen) atoms. The number of hydrogen-bond donors (Lipinski definition) is 1. The molecular weight excluding hydrogens is 337 g/mol. The second kappa shape index (κ2) is 6.45. The predicted octanol–water partition coefficient (Wildman–Crippen LogP) is 2.91. The summed E-state index contributed by atoms with van der Waals surface area (Å²) < 4.78 is 43.9. The number of alkyl halides is 3. The van der Waals surface area contributed by atoms with Crippen molar-refractivity contribution in [1.29, 1.82) is 0 Å². The van der Waals surface area contributed by atoms with Crippen LogP contribution in [0, 0.1) is 6.92 Å². The van der Waals surface area contributed by atoms with Crippen LogP contribution < -0.4 is 10.1 Å². The van der Waals surface area contributed by atoms with Crippen molar-refractivity contribution in [3.8, 4) is 5.88 Å². The number of carbonyl (C=O) groups is 1. The summed E-state index contributed by atoms with van der Waals surface area (Å²) in [5.74, 6) is -0.194. The molecule has 0 aliphatic heterocycles. The standard InChI is InChI=1S/C13H12ClF3N4O2/c1-7-11(14)12(13(15,16)17)20-21(7)6-9(22)19-8-3-4-10(23-2)18-5-8/h3-5H,6H2,1-2H3,(H,19,22). The highest BCUT2D eigenvalue weighted by molar-refractivity contribution is 6.32. The quantitative estimate of drug-likeness (QED) is 0.922. The molecule has 0 bridgehead atoms. The first-order valence-electron chi connectivity index (χ1n) is 6.32. The molecule has 0 atom stereocenters. The van der Waals surface area contributed by atoms with Gasteiger partial charge in [0.15, 0.2) is 5.69 Å². The van der Waals surface area contributed by atoms with Crippen LogP contribution in [0.5, 0.6) is 5.88 Å². The smallest absolute Gasteiger partial charge is 0.436 e. The number of anilines is 1. The highest BCUT2D eigenvalue weighted by Crippen LogP contribution is 2.35. The highest BCUT2D eigenvalue weighted by atomic mass is 35.5. The lowest BCUT2D eigenvalue weighted by molar-refractivity contribution is -0.141. The first-order valence-corrected chi connectivity index (χ1v) is 6.70. The molecule has 1 amide bonds. The number of halogens is 4. The molecule has 1 N–H and O–H groups in total. The molecule has 10 heteroatoms. The minimum atomic E-state index is -4.68. The van der Waals surface area contributed by atoms with Gasteiger partial charge < -0.3 is 10.1 Å². The molecule has 0 fully saturated rings. The average molecular weight is 349 g/mol. The van der Waals surface area contributed by atoms with E-state index < -0.39 is 29.3 Å². The summed E-state index contributed by atoms with van der Waals surface area (Å²) in [7, 11) is 1.45. The maximum atomic E-state index is 12.7. The molecule has 0 aliphatic carbocycles. The molecule has 0 unspecified atom stereocenters. The molecule has 0 radical (unpaired) electrons. The van der Waals surface area contributed by atoms with Gasteiger partial charge in [-0.1, -0.05) is 11.6 Å². The number of hydrogen-bond acceptors (Lipinski definition) is 4. The lowest BCUT2D eigenvalue weighted by atomic mass is 10.3. The van der Waals surface area contributed by atoms with E-state index in [0.29, 0.717) is 11.6 Å². The second-order valence-electron chi connectivity index (χ2n) is 4.54. The Morgan fingerprint density at radius 2 is 2.13 bits per heavy atom. The van der Waals surface area contributed by atoms with Crippen molar-refractivity contribution in [1.82, 2.24) is 14.8 Å². The predicted molar refractivity (Wildman–Crippen MR) is 76.4 cm³/mol. The molecule has 2 heterocycles. The molecule has 6 nitrogen and oxygen atoms in total. The molecule has 0 spiro atoms. The molecular formula is C13H12ClF3N4O2. The molecule has 124 valence electrons. The molecule has 2 rings (SSSR count). The number of nitrogens with zero attached hydrogens (tertiary/aromatic N) is 3. The number of pyridine rings is 1. The zero-order valence-corrected chi connectivity index (χ0v) is 12.9. The van der Waals surface area contributed by atoms with Crippen LogP contribution >= 0.6 is 11.6 Å². The summed E-state index contributed by atoms with van der Waals surface area (Å²) in [6.07, 6.45) is -3.32. The monoisotopic (exact) mass is 348 g/mol. The number of rotatable bonds is 4. The minimum absolute atomic E-state index is 0.0574. The molecule has 2 aromatic rings. The van der Waals surface area contributed by atoms with Gasteiger partial charge in [0.25, 0.3) is 0 Å². The fourth-order valence-electron chi connectivity index (χ4n) is 1.77. The summed E-state index contributed by atoms with van der Waals surface area (Å²) in [5, 5.41) is 5.33. The number of ether oxygens (including phenoxy) is 1. The normalized spacial score (nSPS) is 11.4. The Hall–Kier alpha value is -2.29. The third-order valence-electron chi connectivity index (χ3n) is 2.92. The van der Waals surface area contributed by atoms with Crippen LogP contribution in [0.4, 0.5) is 18.9 Å². The molecule has 0 aliphatic rings. The summed E-state index contributed by atoms with van der Waals surface area (Å²) in [4.78, 5) is 15.8. The minimum Gasteiger partial charge on any atom is -0.481 e. The number of aromatic nitrogens is 3. The maximum Gasteiger partial charge on any atom is 0.436 e. The first kappa shape index (κ1) is 17.1. The Morgan fingerprint density at radius 1 is 1.43 bits per heavy atom. The zero-order valence-electron chi connectivity index (χ0n) is 12.1. The van der Waals surface area contributed by atoms with Crippen molar-refractivity contribution in [2.24, 2.45) is 0 Å². The third kappa shape index (κ3) is 3.92. The highest BCUT2D eigenvalue weighted by Gasteiger charge is 2.38. The zero-order chi connectivity index (χ0) is 17.2. The first-order chi connectivity index (χ1) is 10.7. The van der Waals surface area contributed by atoms with E-state index in [2.05, 4.69) is 15.4 Å². The van der Waals surface area contributed by atoms with E-state index in [1.807, 2.05) is 0 Å². The molecule has 0 saturated heterocycles. The van der Waals surface area contributed by atoms with Crippen LogP contribution in [0.2, 0.25) is 5.02 Å². The SMILES string of the molecule is COc1ccc(NC(=O)Cn2nc(C(F)(F)F)c(Cl)c2C)cn1. The lowest BCUT2D eigenvalue weighted by Crippen LogP contribution is -2.20. The van der Waals surface area contributed by atoms with Gasteiger partial charge in [-0.2, -0.15) is 18.3 Å². The van der Waals surface area contributed by atoms with Crippen molar-refractivity contribution in [3.63, 3.8) is 0 Å². The van der Waals surface area contributed by atoms with Gasteiger partial charge in [0, 0.05) is 6.07 Å². The van der Waals surface area contributed by atoms with Crippen molar-refractivity contribution >= 4 is 23.2 Å². The maximum absolute atomic E-state index is 12.7.